The number of hydrogen-bond acceptors (Lipinski definition) is 6. The van der Waals surface area contributed by atoms with Crippen LogP contribution in [-0.2, 0) is 14.3 Å². The van der Waals surface area contributed by atoms with Crippen LogP contribution in [0.4, 0.5) is 0 Å². The first-order valence-electron chi connectivity index (χ1n) is 12.2. The van der Waals surface area contributed by atoms with E-state index in [-0.39, 0.29) is 30.6 Å². The average molecular weight is 502 g/mol. The van der Waals surface area contributed by atoms with E-state index in [0.717, 1.165) is 5.56 Å². The number of carbonyl (C=O) groups is 2. The number of likely N-dealkylation sites (tertiary alicyclic amines) is 1. The van der Waals surface area contributed by atoms with Gasteiger partial charge in [-0.05, 0) is 74.4 Å². The number of para-hydroxylation sites is 1. The minimum atomic E-state index is -0.808. The zero-order valence-corrected chi connectivity index (χ0v) is 21.4. The van der Waals surface area contributed by atoms with Crippen molar-refractivity contribution < 1.29 is 28.9 Å². The monoisotopic (exact) mass is 501 g/mol. The Kier molecular flexibility index (Phi) is 7.94. The van der Waals surface area contributed by atoms with Crippen LogP contribution in [-0.4, -0.2) is 48.1 Å². The van der Waals surface area contributed by atoms with E-state index in [1.54, 1.807) is 43.5 Å². The Morgan fingerprint density at radius 2 is 1.70 bits per heavy atom. The lowest BCUT2D eigenvalue weighted by Crippen LogP contribution is -2.33. The Hall–Kier alpha value is -4.10. The second-order valence-corrected chi connectivity index (χ2v) is 9.08. The lowest BCUT2D eigenvalue weighted by Gasteiger charge is -2.26. The molecule has 1 heterocycles. The van der Waals surface area contributed by atoms with Gasteiger partial charge in [-0.1, -0.05) is 30.3 Å². The van der Waals surface area contributed by atoms with Crippen molar-refractivity contribution in [2.24, 2.45) is 0 Å². The van der Waals surface area contributed by atoms with Crippen molar-refractivity contribution in [1.29, 1.82) is 0 Å². The number of aliphatic hydroxyl groups is 1. The Balaban J connectivity index is 1.79. The minimum Gasteiger partial charge on any atom is -0.507 e. The molecular weight excluding hydrogens is 470 g/mol. The molecule has 3 aromatic carbocycles. The van der Waals surface area contributed by atoms with Gasteiger partial charge in [0.05, 0.1) is 31.4 Å². The van der Waals surface area contributed by atoms with Crippen LogP contribution in [0.25, 0.3) is 5.76 Å². The molecule has 0 aromatic heterocycles. The van der Waals surface area contributed by atoms with Gasteiger partial charge in [-0.2, -0.15) is 0 Å². The van der Waals surface area contributed by atoms with E-state index in [1.165, 1.54) is 4.90 Å². The highest BCUT2D eigenvalue weighted by Crippen LogP contribution is 2.41. The highest BCUT2D eigenvalue weighted by Gasteiger charge is 2.46. The quantitative estimate of drug-likeness (QED) is 0.232. The number of amides is 1. The van der Waals surface area contributed by atoms with Crippen molar-refractivity contribution in [2.45, 2.75) is 32.9 Å². The van der Waals surface area contributed by atoms with Crippen molar-refractivity contribution in [2.75, 3.05) is 20.3 Å². The third-order valence-electron chi connectivity index (χ3n) is 6.14. The number of ketones is 1. The fraction of sp³-hybridized carbons (Fsp3) is 0.267. The van der Waals surface area contributed by atoms with Crippen LogP contribution in [0.2, 0.25) is 0 Å². The number of hydrogen-bond donors (Lipinski definition) is 1. The van der Waals surface area contributed by atoms with Gasteiger partial charge in [-0.3, -0.25) is 9.59 Å². The van der Waals surface area contributed by atoms with Gasteiger partial charge in [0.15, 0.2) is 0 Å². The Morgan fingerprint density at radius 3 is 2.38 bits per heavy atom. The molecule has 0 radical (unpaired) electrons. The van der Waals surface area contributed by atoms with Crippen molar-refractivity contribution in [3.63, 3.8) is 0 Å². The molecular formula is C30H31NO6. The van der Waals surface area contributed by atoms with E-state index in [9.17, 15) is 14.7 Å². The minimum absolute atomic E-state index is 0.0241. The molecule has 37 heavy (non-hydrogen) atoms. The molecule has 1 unspecified atom stereocenters. The van der Waals surface area contributed by atoms with Gasteiger partial charge in [-0.25, -0.2) is 0 Å². The molecule has 1 N–H and O–H groups in total. The van der Waals surface area contributed by atoms with Gasteiger partial charge in [0.2, 0.25) is 0 Å². The van der Waals surface area contributed by atoms with Crippen molar-refractivity contribution in [1.82, 2.24) is 4.90 Å². The summed E-state index contributed by atoms with van der Waals surface area (Å²) >= 11 is 0. The van der Waals surface area contributed by atoms with Crippen LogP contribution in [0.5, 0.6) is 17.2 Å². The van der Waals surface area contributed by atoms with E-state index in [0.29, 0.717) is 28.4 Å². The van der Waals surface area contributed by atoms with Gasteiger partial charge in [0, 0.05) is 12.1 Å². The molecule has 192 valence electrons. The number of benzene rings is 3. The van der Waals surface area contributed by atoms with Crippen molar-refractivity contribution >= 4 is 17.4 Å². The lowest BCUT2D eigenvalue weighted by atomic mass is 9.94. The largest absolute Gasteiger partial charge is 0.507 e. The molecule has 3 aromatic rings. The number of rotatable bonds is 9. The van der Waals surface area contributed by atoms with Gasteiger partial charge in [0.1, 0.15) is 23.0 Å². The second kappa shape index (κ2) is 11.3. The zero-order valence-electron chi connectivity index (χ0n) is 21.4. The molecule has 1 saturated heterocycles. The number of aryl methyl sites for hydroxylation is 1. The van der Waals surface area contributed by atoms with Crippen LogP contribution in [0.3, 0.4) is 0 Å². The summed E-state index contributed by atoms with van der Waals surface area (Å²) in [5.41, 5.74) is 1.89. The maximum Gasteiger partial charge on any atom is 0.295 e. The number of methoxy groups -OCH3 is 1. The fourth-order valence-corrected chi connectivity index (χ4v) is 4.40. The van der Waals surface area contributed by atoms with Crippen molar-refractivity contribution in [3.05, 3.63) is 95.1 Å². The van der Waals surface area contributed by atoms with Gasteiger partial charge in [0.25, 0.3) is 11.7 Å². The molecule has 1 atom stereocenters. The summed E-state index contributed by atoms with van der Waals surface area (Å²) in [6.07, 6.45) is -0.0276. The highest BCUT2D eigenvalue weighted by molar-refractivity contribution is 6.46. The Morgan fingerprint density at radius 1 is 0.973 bits per heavy atom. The third kappa shape index (κ3) is 5.67. The average Bonchev–Trinajstić information content (AvgIpc) is 3.14. The summed E-state index contributed by atoms with van der Waals surface area (Å²) in [6, 6.07) is 20.9. The molecule has 0 aliphatic carbocycles. The molecule has 1 aliphatic rings. The fourth-order valence-electron chi connectivity index (χ4n) is 4.40. The molecule has 1 amide bonds. The number of nitrogens with zero attached hydrogens (tertiary/aromatic N) is 1. The summed E-state index contributed by atoms with van der Waals surface area (Å²) in [5, 5.41) is 11.3. The summed E-state index contributed by atoms with van der Waals surface area (Å²) in [5.74, 6) is 0.204. The molecule has 7 nitrogen and oxygen atoms in total. The molecule has 1 aliphatic heterocycles. The highest BCUT2D eigenvalue weighted by atomic mass is 16.5. The van der Waals surface area contributed by atoms with Crippen LogP contribution >= 0.6 is 0 Å². The van der Waals surface area contributed by atoms with Crippen molar-refractivity contribution in [3.8, 4) is 17.2 Å². The first kappa shape index (κ1) is 26.0. The molecule has 0 bridgehead atoms. The summed E-state index contributed by atoms with van der Waals surface area (Å²) in [4.78, 5) is 27.9. The Labute approximate surface area is 216 Å². The first-order valence-corrected chi connectivity index (χ1v) is 12.2. The maximum absolute atomic E-state index is 13.3. The number of carbonyl (C=O) groups excluding carboxylic acids is 2. The molecule has 7 heteroatoms. The summed E-state index contributed by atoms with van der Waals surface area (Å²) in [6.45, 7) is 6.10. The first-order chi connectivity index (χ1) is 17.8. The second-order valence-electron chi connectivity index (χ2n) is 9.08. The predicted octanol–water partition coefficient (Wildman–Crippen LogP) is 5.64. The van der Waals surface area contributed by atoms with Crippen LogP contribution in [0, 0.1) is 6.92 Å². The summed E-state index contributed by atoms with van der Waals surface area (Å²) < 4.78 is 17.0. The number of Topliss-reactive ketones (excluding diaryl/α,β-unsaturated/α-hetero) is 1. The van der Waals surface area contributed by atoms with E-state index in [4.69, 9.17) is 14.2 Å². The van der Waals surface area contributed by atoms with Gasteiger partial charge < -0.3 is 24.2 Å². The topological polar surface area (TPSA) is 85.3 Å². The molecule has 0 spiro atoms. The SMILES string of the molecule is COc1ccc(/C(O)=C2\C(=O)C(=O)N(CCOC(C)C)C2c2cccc(Oc3ccccc3)c2)cc1C. The van der Waals surface area contributed by atoms with E-state index in [2.05, 4.69) is 0 Å². The molecule has 0 saturated carbocycles. The van der Waals surface area contributed by atoms with E-state index >= 15 is 0 Å². The van der Waals surface area contributed by atoms with E-state index in [1.807, 2.05) is 57.2 Å². The van der Waals surface area contributed by atoms with Crippen LogP contribution < -0.4 is 9.47 Å². The van der Waals surface area contributed by atoms with E-state index < -0.39 is 17.7 Å². The maximum atomic E-state index is 13.3. The smallest absolute Gasteiger partial charge is 0.295 e. The Bertz CT molecular complexity index is 1310. The number of ether oxygens (including phenoxy) is 3. The van der Waals surface area contributed by atoms with Crippen LogP contribution in [0.1, 0.15) is 36.6 Å². The molecule has 4 rings (SSSR count). The normalized spacial score (nSPS) is 16.9. The van der Waals surface area contributed by atoms with Gasteiger partial charge in [-0.15, -0.1) is 0 Å². The third-order valence-corrected chi connectivity index (χ3v) is 6.14. The lowest BCUT2D eigenvalue weighted by molar-refractivity contribution is -0.140. The van der Waals surface area contributed by atoms with Gasteiger partial charge >= 0.3 is 0 Å². The summed E-state index contributed by atoms with van der Waals surface area (Å²) in [7, 11) is 1.57. The number of aliphatic hydroxyl groups excluding tert-OH is 1. The van der Waals surface area contributed by atoms with Crippen LogP contribution in [0.15, 0.2) is 78.4 Å². The zero-order chi connectivity index (χ0) is 26.5. The predicted molar refractivity (Wildman–Crippen MR) is 141 cm³/mol. The molecule has 1 fully saturated rings. The standard InChI is InChI=1S/C30H31NO6/c1-19(2)36-16-15-31-27(21-9-8-12-24(18-21)37-23-10-6-5-7-11-23)26(29(33)30(31)34)28(32)22-13-14-25(35-4)20(3)17-22/h5-14,17-19,27,32H,15-16H2,1-4H3/b28-26+.